The van der Waals surface area contributed by atoms with E-state index in [1.165, 1.54) is 17.7 Å². The molecule has 5 rings (SSSR count). The zero-order valence-corrected chi connectivity index (χ0v) is 19.5. The van der Waals surface area contributed by atoms with Crippen LogP contribution < -0.4 is 4.90 Å². The molecule has 0 saturated carbocycles. The van der Waals surface area contributed by atoms with Crippen LogP contribution >= 0.6 is 0 Å². The number of aliphatic hydroxyl groups excluding tert-OH is 1. The third-order valence-electron chi connectivity index (χ3n) is 6.43. The Hall–Kier alpha value is -3.29. The maximum absolute atomic E-state index is 14.2. The molecule has 0 aliphatic carbocycles. The zero-order chi connectivity index (χ0) is 23.7. The van der Waals surface area contributed by atoms with Crippen LogP contribution in [0.2, 0.25) is 0 Å². The van der Waals surface area contributed by atoms with Gasteiger partial charge in [0.25, 0.3) is 0 Å². The van der Waals surface area contributed by atoms with Gasteiger partial charge in [-0.2, -0.15) is 5.10 Å². The lowest BCUT2D eigenvalue weighted by molar-refractivity contribution is 0.131. The van der Waals surface area contributed by atoms with Crippen molar-refractivity contribution in [2.75, 3.05) is 24.7 Å². The Morgan fingerprint density at radius 2 is 1.94 bits per heavy atom. The summed E-state index contributed by atoms with van der Waals surface area (Å²) in [5.41, 5.74) is 6.03. The molecule has 6 nitrogen and oxygen atoms in total. The zero-order valence-electron chi connectivity index (χ0n) is 19.5. The fourth-order valence-electron chi connectivity index (χ4n) is 4.69. The fourth-order valence-corrected chi connectivity index (χ4v) is 4.69. The van der Waals surface area contributed by atoms with Gasteiger partial charge in [0.2, 0.25) is 0 Å². The first-order valence-corrected chi connectivity index (χ1v) is 11.8. The summed E-state index contributed by atoms with van der Waals surface area (Å²) in [5.74, 6) is 0.457. The Bertz CT molecular complexity index is 1300. The van der Waals surface area contributed by atoms with Crippen molar-refractivity contribution in [2.45, 2.75) is 39.3 Å². The molecule has 0 radical (unpaired) electrons. The first kappa shape index (κ1) is 22.5. The number of nitrogens with zero attached hydrogens (tertiary/aromatic N) is 4. The molecule has 2 aromatic heterocycles. The molecule has 1 aliphatic heterocycles. The Kier molecular flexibility index (Phi) is 6.30. The predicted octanol–water partition coefficient (Wildman–Crippen LogP) is 5.01. The maximum Gasteiger partial charge on any atom is 0.166 e. The van der Waals surface area contributed by atoms with Gasteiger partial charge < -0.3 is 14.7 Å². The summed E-state index contributed by atoms with van der Waals surface area (Å²) in [5, 5.41) is 14.8. The standard InChI is InChI=1S/C27H29FN4O2/c1-3-34-17-23-26(19-11-9-18(2)10-12-19)27-29-25(31-13-5-8-22(31)16-33)15-24(32(27)30-23)20-6-4-7-21(28)14-20/h4,6-7,9-12,14-15,22,33H,3,5,8,13,16-17H2,1-2H3. The second-order valence-electron chi connectivity index (χ2n) is 8.74. The van der Waals surface area contributed by atoms with E-state index >= 15 is 0 Å². The minimum atomic E-state index is -0.307. The third-order valence-corrected chi connectivity index (χ3v) is 6.43. The summed E-state index contributed by atoms with van der Waals surface area (Å²) < 4.78 is 21.8. The molecule has 1 unspecified atom stereocenters. The van der Waals surface area contributed by atoms with E-state index in [0.717, 1.165) is 47.7 Å². The largest absolute Gasteiger partial charge is 0.394 e. The van der Waals surface area contributed by atoms with Gasteiger partial charge in [0.1, 0.15) is 11.6 Å². The highest BCUT2D eigenvalue weighted by Gasteiger charge is 2.28. The Balaban J connectivity index is 1.79. The van der Waals surface area contributed by atoms with Gasteiger partial charge in [0.05, 0.1) is 36.2 Å². The quantitative estimate of drug-likeness (QED) is 0.420. The van der Waals surface area contributed by atoms with Gasteiger partial charge in [0.15, 0.2) is 5.65 Å². The van der Waals surface area contributed by atoms with E-state index in [1.54, 1.807) is 10.6 Å². The van der Waals surface area contributed by atoms with E-state index in [1.807, 2.05) is 19.1 Å². The lowest BCUT2D eigenvalue weighted by atomic mass is 10.0. The van der Waals surface area contributed by atoms with Gasteiger partial charge in [0, 0.05) is 24.8 Å². The first-order valence-electron chi connectivity index (χ1n) is 11.8. The number of ether oxygens (including phenoxy) is 1. The molecule has 1 fully saturated rings. The summed E-state index contributed by atoms with van der Waals surface area (Å²) in [6.07, 6.45) is 1.91. The number of fused-ring (bicyclic) bond motifs is 1. The number of aryl methyl sites for hydroxylation is 1. The van der Waals surface area contributed by atoms with Crippen LogP contribution in [0.1, 0.15) is 31.0 Å². The highest BCUT2D eigenvalue weighted by molar-refractivity contribution is 5.83. The first-order chi connectivity index (χ1) is 16.6. The molecule has 0 spiro atoms. The van der Waals surface area contributed by atoms with Crippen LogP contribution in [0.25, 0.3) is 28.0 Å². The van der Waals surface area contributed by atoms with Crippen LogP contribution in [0.4, 0.5) is 10.2 Å². The second-order valence-corrected chi connectivity index (χ2v) is 8.74. The van der Waals surface area contributed by atoms with E-state index in [9.17, 15) is 9.50 Å². The summed E-state index contributed by atoms with van der Waals surface area (Å²) in [6.45, 7) is 5.82. The Labute approximate surface area is 198 Å². The maximum atomic E-state index is 14.2. The lowest BCUT2D eigenvalue weighted by Crippen LogP contribution is -2.32. The molecule has 176 valence electrons. The van der Waals surface area contributed by atoms with Gasteiger partial charge in [-0.3, -0.25) is 0 Å². The monoisotopic (exact) mass is 460 g/mol. The summed E-state index contributed by atoms with van der Waals surface area (Å²) in [4.78, 5) is 7.21. The number of benzene rings is 2. The number of anilines is 1. The van der Waals surface area contributed by atoms with Crippen molar-refractivity contribution in [3.8, 4) is 22.4 Å². The minimum Gasteiger partial charge on any atom is -0.394 e. The van der Waals surface area contributed by atoms with E-state index in [-0.39, 0.29) is 18.5 Å². The number of hydrogen-bond acceptors (Lipinski definition) is 5. The highest BCUT2D eigenvalue weighted by Crippen LogP contribution is 2.35. The summed E-state index contributed by atoms with van der Waals surface area (Å²) >= 11 is 0. The summed E-state index contributed by atoms with van der Waals surface area (Å²) in [6, 6.07) is 16.8. The van der Waals surface area contributed by atoms with Crippen molar-refractivity contribution in [1.29, 1.82) is 0 Å². The minimum absolute atomic E-state index is 0.0175. The fraction of sp³-hybridized carbons (Fsp3) is 0.333. The van der Waals surface area contributed by atoms with Gasteiger partial charge in [-0.1, -0.05) is 42.0 Å². The van der Waals surface area contributed by atoms with Crippen LogP contribution in [-0.4, -0.2) is 45.5 Å². The van der Waals surface area contributed by atoms with Crippen LogP contribution in [0, 0.1) is 12.7 Å². The van der Waals surface area contributed by atoms with Gasteiger partial charge >= 0.3 is 0 Å². The smallest absolute Gasteiger partial charge is 0.166 e. The normalized spacial score (nSPS) is 16.0. The van der Waals surface area contributed by atoms with E-state index < -0.39 is 0 Å². The molecule has 1 N–H and O–H groups in total. The molecule has 0 amide bonds. The predicted molar refractivity (Wildman–Crippen MR) is 131 cm³/mol. The average Bonchev–Trinajstić information content (AvgIpc) is 3.47. The highest BCUT2D eigenvalue weighted by atomic mass is 19.1. The number of rotatable bonds is 7. The number of halogens is 1. The molecule has 0 bridgehead atoms. The Morgan fingerprint density at radius 1 is 1.12 bits per heavy atom. The van der Waals surface area contributed by atoms with Crippen molar-refractivity contribution in [2.24, 2.45) is 0 Å². The molecule has 1 saturated heterocycles. The topological polar surface area (TPSA) is 62.9 Å². The molecule has 1 atom stereocenters. The van der Waals surface area contributed by atoms with Gasteiger partial charge in [-0.15, -0.1) is 0 Å². The van der Waals surface area contributed by atoms with Crippen LogP contribution in [0.15, 0.2) is 54.6 Å². The molecular weight excluding hydrogens is 431 g/mol. The summed E-state index contributed by atoms with van der Waals surface area (Å²) in [7, 11) is 0. The molecule has 2 aromatic carbocycles. The number of aromatic nitrogens is 3. The van der Waals surface area contributed by atoms with Crippen molar-refractivity contribution in [1.82, 2.24) is 14.6 Å². The molecule has 1 aliphatic rings. The van der Waals surface area contributed by atoms with Crippen molar-refractivity contribution >= 4 is 11.5 Å². The molecule has 34 heavy (non-hydrogen) atoms. The number of hydrogen-bond donors (Lipinski definition) is 1. The van der Waals surface area contributed by atoms with E-state index in [4.69, 9.17) is 14.8 Å². The SMILES string of the molecule is CCOCc1nn2c(-c3cccc(F)c3)cc(N3CCCC3CO)nc2c1-c1ccc(C)cc1. The molecule has 4 aromatic rings. The lowest BCUT2D eigenvalue weighted by Gasteiger charge is -2.25. The van der Waals surface area contributed by atoms with E-state index in [0.29, 0.717) is 24.4 Å². The van der Waals surface area contributed by atoms with Gasteiger partial charge in [-0.25, -0.2) is 13.9 Å². The van der Waals surface area contributed by atoms with Crippen LogP contribution in [-0.2, 0) is 11.3 Å². The van der Waals surface area contributed by atoms with Crippen molar-refractivity contribution in [3.05, 3.63) is 71.7 Å². The molecule has 3 heterocycles. The second kappa shape index (κ2) is 9.52. The molecular formula is C27H29FN4O2. The average molecular weight is 461 g/mol. The van der Waals surface area contributed by atoms with Crippen molar-refractivity contribution in [3.63, 3.8) is 0 Å². The Morgan fingerprint density at radius 3 is 2.68 bits per heavy atom. The number of aliphatic hydroxyl groups is 1. The van der Waals surface area contributed by atoms with Crippen molar-refractivity contribution < 1.29 is 14.2 Å². The molecule has 7 heteroatoms. The third kappa shape index (κ3) is 4.17. The van der Waals surface area contributed by atoms with Gasteiger partial charge in [-0.05, 0) is 44.4 Å². The van der Waals surface area contributed by atoms with Crippen LogP contribution in [0.3, 0.4) is 0 Å². The van der Waals surface area contributed by atoms with E-state index in [2.05, 4.69) is 36.1 Å². The van der Waals surface area contributed by atoms with Crippen LogP contribution in [0.5, 0.6) is 0 Å².